The Hall–Kier alpha value is 0.700. The first-order valence-corrected chi connectivity index (χ1v) is 6.91. The van der Waals surface area contributed by atoms with Crippen molar-refractivity contribution in [3.8, 4) is 0 Å². The van der Waals surface area contributed by atoms with E-state index in [1.165, 1.54) is 0 Å². The van der Waals surface area contributed by atoms with Gasteiger partial charge in [-0.2, -0.15) is 12.6 Å². The van der Waals surface area contributed by atoms with E-state index in [1.807, 2.05) is 0 Å². The summed E-state index contributed by atoms with van der Waals surface area (Å²) in [6.07, 6.45) is 0. The molecule has 0 aliphatic rings. The Balaban J connectivity index is 4.31. The number of rotatable bonds is 5. The van der Waals surface area contributed by atoms with Crippen LogP contribution in [0.1, 0.15) is 13.8 Å². The highest BCUT2D eigenvalue weighted by molar-refractivity contribution is 7.89. The molecule has 2 unspecified atom stereocenters. The van der Waals surface area contributed by atoms with Crippen molar-refractivity contribution >= 4 is 20.6 Å². The largest absolute Gasteiger partial charge is 0.303 e. The summed E-state index contributed by atoms with van der Waals surface area (Å²) in [7, 11) is 8.53. The van der Waals surface area contributed by atoms with Gasteiger partial charge in [0.15, 0.2) is 0 Å². The van der Waals surface area contributed by atoms with Crippen molar-refractivity contribution in [2.24, 2.45) is 0 Å². The molecule has 0 saturated carbocycles. The number of hydrogen-bond donors (Lipinski definition) is 1. The van der Waals surface area contributed by atoms with Gasteiger partial charge < -0.3 is 9.80 Å². The van der Waals surface area contributed by atoms with E-state index >= 15 is 0 Å². The highest BCUT2D eigenvalue weighted by Crippen LogP contribution is 2.48. The summed E-state index contributed by atoms with van der Waals surface area (Å²) in [5.74, 6) is 1.29. The van der Waals surface area contributed by atoms with Crippen LogP contribution >= 0.6 is 20.6 Å². The SMILES string of the molecule is CC(N(C)C)P(CS)C(C)N(C)C. The van der Waals surface area contributed by atoms with Gasteiger partial charge in [-0.05, 0) is 42.0 Å². The van der Waals surface area contributed by atoms with Crippen LogP contribution in [0.5, 0.6) is 0 Å². The molecule has 0 amide bonds. The maximum Gasteiger partial charge on any atom is 0.0284 e. The van der Waals surface area contributed by atoms with Gasteiger partial charge in [-0.25, -0.2) is 0 Å². The Morgan fingerprint density at radius 1 is 1.00 bits per heavy atom. The second-order valence-electron chi connectivity index (χ2n) is 3.85. The average molecular weight is 222 g/mol. The van der Waals surface area contributed by atoms with Gasteiger partial charge in [0.2, 0.25) is 0 Å². The lowest BCUT2D eigenvalue weighted by Crippen LogP contribution is -2.32. The van der Waals surface area contributed by atoms with Crippen molar-refractivity contribution in [3.63, 3.8) is 0 Å². The third kappa shape index (κ3) is 4.16. The minimum atomic E-state index is -0.0437. The van der Waals surface area contributed by atoms with Crippen LogP contribution in [0.15, 0.2) is 0 Å². The Morgan fingerprint density at radius 3 is 1.46 bits per heavy atom. The van der Waals surface area contributed by atoms with E-state index in [2.05, 4.69) is 64.5 Å². The summed E-state index contributed by atoms with van der Waals surface area (Å²) in [5, 5.41) is 0. The fraction of sp³-hybridized carbons (Fsp3) is 1.00. The molecule has 80 valence electrons. The molecule has 0 N–H and O–H groups in total. The van der Waals surface area contributed by atoms with Gasteiger partial charge >= 0.3 is 0 Å². The maximum absolute atomic E-state index is 4.46. The predicted octanol–water partition coefficient (Wildman–Crippen LogP) is 2.17. The lowest BCUT2D eigenvalue weighted by molar-refractivity contribution is 0.366. The Morgan fingerprint density at radius 2 is 1.31 bits per heavy atom. The lowest BCUT2D eigenvalue weighted by Gasteiger charge is -2.36. The van der Waals surface area contributed by atoms with Crippen LogP contribution in [-0.2, 0) is 0 Å². The minimum absolute atomic E-state index is 0.0437. The summed E-state index contributed by atoms with van der Waals surface area (Å²) in [5.41, 5.74) is 1.01. The van der Waals surface area contributed by atoms with Crippen molar-refractivity contribution in [2.45, 2.75) is 25.4 Å². The monoisotopic (exact) mass is 222 g/mol. The second kappa shape index (κ2) is 6.23. The molecule has 0 spiro atoms. The molecular weight excluding hydrogens is 199 g/mol. The van der Waals surface area contributed by atoms with Crippen molar-refractivity contribution in [2.75, 3.05) is 33.7 Å². The standard InChI is InChI=1S/C9H23N2PS/c1-8(10(3)4)12(7-13)9(2)11(5)6/h8-9,13H,7H2,1-6H3. The summed E-state index contributed by atoms with van der Waals surface area (Å²) in [4.78, 5) is 4.59. The van der Waals surface area contributed by atoms with Crippen molar-refractivity contribution in [1.82, 2.24) is 9.80 Å². The Labute approximate surface area is 89.8 Å². The predicted molar refractivity (Wildman–Crippen MR) is 67.1 cm³/mol. The van der Waals surface area contributed by atoms with E-state index in [0.717, 1.165) is 5.49 Å². The normalized spacial score (nSPS) is 19.2. The second-order valence-corrected chi connectivity index (χ2v) is 7.50. The molecule has 0 aromatic rings. The van der Waals surface area contributed by atoms with Crippen LogP contribution in [0.25, 0.3) is 0 Å². The lowest BCUT2D eigenvalue weighted by atomic mass is 10.6. The van der Waals surface area contributed by atoms with Crippen LogP contribution in [0.3, 0.4) is 0 Å². The fourth-order valence-corrected chi connectivity index (χ4v) is 4.84. The fourth-order valence-electron chi connectivity index (χ4n) is 1.14. The van der Waals surface area contributed by atoms with Crippen LogP contribution < -0.4 is 0 Å². The summed E-state index contributed by atoms with van der Waals surface area (Å²) in [6, 6.07) is 0. The molecule has 0 radical (unpaired) electrons. The highest BCUT2D eigenvalue weighted by Gasteiger charge is 2.24. The zero-order valence-corrected chi connectivity index (χ0v) is 11.4. The third-order valence-corrected chi connectivity index (χ3v) is 6.77. The van der Waals surface area contributed by atoms with E-state index < -0.39 is 0 Å². The van der Waals surface area contributed by atoms with Gasteiger partial charge in [0.1, 0.15) is 0 Å². The highest BCUT2D eigenvalue weighted by atomic mass is 32.1. The van der Waals surface area contributed by atoms with Crippen LogP contribution in [-0.4, -0.2) is 55.1 Å². The van der Waals surface area contributed by atoms with Gasteiger partial charge in [0.25, 0.3) is 0 Å². The van der Waals surface area contributed by atoms with Gasteiger partial charge in [-0.1, -0.05) is 7.92 Å². The van der Waals surface area contributed by atoms with Crippen molar-refractivity contribution in [1.29, 1.82) is 0 Å². The van der Waals surface area contributed by atoms with Crippen LogP contribution in [0.2, 0.25) is 0 Å². The molecule has 0 fully saturated rings. The molecule has 0 aliphatic carbocycles. The molecule has 13 heavy (non-hydrogen) atoms. The summed E-state index contributed by atoms with van der Waals surface area (Å²) >= 11 is 4.46. The first-order valence-electron chi connectivity index (χ1n) is 4.61. The van der Waals surface area contributed by atoms with E-state index in [-0.39, 0.29) is 7.92 Å². The first-order chi connectivity index (χ1) is 5.91. The molecule has 0 bridgehead atoms. The zero-order valence-electron chi connectivity index (χ0n) is 9.65. The Kier molecular flexibility index (Phi) is 6.57. The molecular formula is C9H23N2PS. The van der Waals surface area contributed by atoms with Gasteiger partial charge in [-0.15, -0.1) is 0 Å². The molecule has 2 nitrogen and oxygen atoms in total. The van der Waals surface area contributed by atoms with E-state index in [4.69, 9.17) is 0 Å². The number of thiol groups is 1. The number of nitrogens with zero attached hydrogens (tertiary/aromatic N) is 2. The van der Waals surface area contributed by atoms with E-state index in [9.17, 15) is 0 Å². The van der Waals surface area contributed by atoms with E-state index in [0.29, 0.717) is 11.6 Å². The topological polar surface area (TPSA) is 6.48 Å². The van der Waals surface area contributed by atoms with Gasteiger partial charge in [-0.3, -0.25) is 0 Å². The van der Waals surface area contributed by atoms with Crippen molar-refractivity contribution < 1.29 is 0 Å². The van der Waals surface area contributed by atoms with Crippen LogP contribution in [0.4, 0.5) is 0 Å². The minimum Gasteiger partial charge on any atom is -0.303 e. The molecule has 2 atom stereocenters. The third-order valence-electron chi connectivity index (χ3n) is 2.62. The molecule has 0 heterocycles. The first kappa shape index (κ1) is 13.7. The van der Waals surface area contributed by atoms with Gasteiger partial charge in [0, 0.05) is 17.1 Å². The maximum atomic E-state index is 4.46. The quantitative estimate of drug-likeness (QED) is 0.562. The Bertz CT molecular complexity index is 128. The smallest absolute Gasteiger partial charge is 0.0284 e. The zero-order chi connectivity index (χ0) is 10.6. The molecule has 0 aromatic heterocycles. The average Bonchev–Trinajstić information content (AvgIpc) is 2.04. The summed E-state index contributed by atoms with van der Waals surface area (Å²) < 4.78 is 0. The van der Waals surface area contributed by atoms with E-state index in [1.54, 1.807) is 0 Å². The molecule has 4 heteroatoms. The number of hydrogen-bond acceptors (Lipinski definition) is 3. The molecule has 0 saturated heterocycles. The molecule has 0 rings (SSSR count). The summed E-state index contributed by atoms with van der Waals surface area (Å²) in [6.45, 7) is 4.59. The van der Waals surface area contributed by atoms with Crippen LogP contribution in [0, 0.1) is 0 Å². The molecule has 0 aliphatic heterocycles. The molecule has 0 aromatic carbocycles. The van der Waals surface area contributed by atoms with Gasteiger partial charge in [0.05, 0.1) is 0 Å². The van der Waals surface area contributed by atoms with Crippen molar-refractivity contribution in [3.05, 3.63) is 0 Å².